The SMILES string of the molecule is C[Si][Si](C)(C)C.Cc1cc2c(-c3cccc4ccccc34)cccc2[cH-]1.Cc1cc2c(-c3cccc4ccccc34)cccc2[cH-]1.[Cl-].[Cl-].[Hf+4]. The Morgan fingerprint density at radius 2 is 0.755 bits per heavy atom. The minimum absolute atomic E-state index is 0. The van der Waals surface area contributed by atoms with Crippen molar-refractivity contribution in [2.75, 3.05) is 0 Å². The first kappa shape index (κ1) is 40.4. The molecule has 5 heteroatoms. The molecule has 0 aliphatic rings. The molecule has 0 amide bonds. The van der Waals surface area contributed by atoms with E-state index in [1.54, 1.807) is 0 Å². The molecule has 8 rings (SSSR count). The first-order valence-electron chi connectivity index (χ1n) is 16.2. The largest absolute Gasteiger partial charge is 4.00 e. The standard InChI is InChI=1S/2C20H15.C4H12Si2.2ClH.Hf/c2*1-14-12-16-8-5-11-19(20(16)13-14)18-10-4-7-15-6-2-3-9-17(15)18;1-5-6(2,3)4;;;/h2*2-13H,1H3;1-4H3;2*1H;/q2*-1;;;;+4/p-2. The molecule has 8 aromatic carbocycles. The molecule has 0 aromatic heterocycles. The zero-order valence-electron chi connectivity index (χ0n) is 29.1. The van der Waals surface area contributed by atoms with Crippen LogP contribution in [0, 0.1) is 13.8 Å². The topological polar surface area (TPSA) is 0 Å². The number of halogens is 2. The average molecular weight is 876 g/mol. The van der Waals surface area contributed by atoms with Crippen molar-refractivity contribution >= 4 is 59.7 Å². The van der Waals surface area contributed by atoms with Gasteiger partial charge in [-0.25, -0.2) is 0 Å². The molecule has 0 atom stereocenters. The van der Waals surface area contributed by atoms with Crippen LogP contribution >= 0.6 is 0 Å². The Labute approximate surface area is 326 Å². The van der Waals surface area contributed by atoms with Gasteiger partial charge in [0.2, 0.25) is 0 Å². The third-order valence-electron chi connectivity index (χ3n) is 8.70. The number of aryl methyl sites for hydroxylation is 2. The third kappa shape index (κ3) is 9.39. The van der Waals surface area contributed by atoms with E-state index in [1.807, 2.05) is 0 Å². The number of hydrogen-bond acceptors (Lipinski definition) is 0. The molecule has 0 nitrogen and oxygen atoms in total. The van der Waals surface area contributed by atoms with Crippen LogP contribution in [0.25, 0.3) is 65.3 Å². The van der Waals surface area contributed by atoms with E-state index in [2.05, 4.69) is 186 Å². The number of benzene rings is 6. The van der Waals surface area contributed by atoms with Gasteiger partial charge in [0.05, 0.1) is 0 Å². The minimum Gasteiger partial charge on any atom is -1.00 e. The van der Waals surface area contributed by atoms with Crippen molar-refractivity contribution in [2.45, 2.75) is 40.0 Å². The molecule has 0 bridgehead atoms. The molecule has 0 heterocycles. The van der Waals surface area contributed by atoms with Gasteiger partial charge < -0.3 is 24.8 Å². The van der Waals surface area contributed by atoms with Gasteiger partial charge in [-0.15, -0.1) is 69.1 Å². The van der Waals surface area contributed by atoms with Gasteiger partial charge in [0, 0.05) is 16.6 Å². The molecule has 0 aliphatic heterocycles. The maximum atomic E-state index is 2.39. The average Bonchev–Trinajstić information content (AvgIpc) is 3.65. The van der Waals surface area contributed by atoms with Crippen molar-refractivity contribution in [2.24, 2.45) is 0 Å². The van der Waals surface area contributed by atoms with E-state index in [9.17, 15) is 0 Å². The molecule has 49 heavy (non-hydrogen) atoms. The van der Waals surface area contributed by atoms with Crippen LogP contribution in [0.2, 0.25) is 26.2 Å². The van der Waals surface area contributed by atoms with E-state index in [1.165, 1.54) is 85.5 Å². The van der Waals surface area contributed by atoms with E-state index < -0.39 is 7.59 Å². The summed E-state index contributed by atoms with van der Waals surface area (Å²) in [6.45, 7) is 13.8. The Kier molecular flexibility index (Phi) is 14.6. The van der Waals surface area contributed by atoms with Crippen LogP contribution in [-0.4, -0.2) is 16.6 Å². The van der Waals surface area contributed by atoms with Gasteiger partial charge >= 0.3 is 25.8 Å². The van der Waals surface area contributed by atoms with E-state index in [-0.39, 0.29) is 50.7 Å². The molecule has 244 valence electrons. The number of rotatable bonds is 3. The number of hydrogen-bond donors (Lipinski definition) is 0. The van der Waals surface area contributed by atoms with Crippen molar-refractivity contribution in [1.82, 2.24) is 0 Å². The summed E-state index contributed by atoms with van der Waals surface area (Å²) >= 11 is 0. The molecule has 0 spiro atoms. The molecule has 0 fully saturated rings. The van der Waals surface area contributed by atoms with Crippen molar-refractivity contribution < 1.29 is 50.7 Å². The van der Waals surface area contributed by atoms with Gasteiger partial charge in [0.15, 0.2) is 0 Å². The molecule has 0 saturated heterocycles. The fraction of sp³-hybridized carbons (Fsp3) is 0.136. The van der Waals surface area contributed by atoms with E-state index >= 15 is 0 Å². The second-order valence-corrected chi connectivity index (χ2v) is 24.2. The molecule has 8 aromatic rings. The quantitative estimate of drug-likeness (QED) is 0.133. The Balaban J connectivity index is 0.000000217. The van der Waals surface area contributed by atoms with Crippen LogP contribution in [-0.2, 0) is 25.8 Å². The zero-order valence-corrected chi connectivity index (χ0v) is 36.2. The summed E-state index contributed by atoms with van der Waals surface area (Å²) in [5, 5.41) is 10.6. The summed E-state index contributed by atoms with van der Waals surface area (Å²) in [6.07, 6.45) is 0. The van der Waals surface area contributed by atoms with Crippen molar-refractivity contribution in [3.63, 3.8) is 0 Å². The number of fused-ring (bicyclic) bond motifs is 4. The Bertz CT molecular complexity index is 2110. The van der Waals surface area contributed by atoms with Crippen LogP contribution in [0.15, 0.2) is 146 Å². The first-order valence-corrected chi connectivity index (χ1v) is 22.2. The van der Waals surface area contributed by atoms with Crippen LogP contribution in [0.5, 0.6) is 0 Å². The van der Waals surface area contributed by atoms with Gasteiger partial charge in [0.25, 0.3) is 0 Å². The predicted octanol–water partition coefficient (Wildman–Crippen LogP) is 6.95. The molecule has 0 unspecified atom stereocenters. The third-order valence-corrected chi connectivity index (χ3v) is 14.7. The van der Waals surface area contributed by atoms with Gasteiger partial charge in [-0.3, -0.25) is 0 Å². The van der Waals surface area contributed by atoms with Crippen LogP contribution in [0.4, 0.5) is 0 Å². The Hall–Kier alpha value is -3.06. The van der Waals surface area contributed by atoms with Crippen molar-refractivity contribution in [3.05, 3.63) is 157 Å². The summed E-state index contributed by atoms with van der Waals surface area (Å²) in [7, 11) is 0.603. The van der Waals surface area contributed by atoms with Crippen LogP contribution in [0.1, 0.15) is 11.1 Å². The van der Waals surface area contributed by atoms with Crippen molar-refractivity contribution in [3.8, 4) is 22.3 Å². The van der Waals surface area contributed by atoms with Gasteiger partial charge in [-0.2, -0.15) is 12.1 Å². The fourth-order valence-corrected chi connectivity index (χ4v) is 6.16. The summed E-state index contributed by atoms with van der Waals surface area (Å²) in [4.78, 5) is 0. The van der Waals surface area contributed by atoms with Gasteiger partial charge in [0.1, 0.15) is 0 Å². The second-order valence-electron chi connectivity index (χ2n) is 13.2. The Morgan fingerprint density at radius 3 is 1.12 bits per heavy atom. The Morgan fingerprint density at radius 1 is 0.449 bits per heavy atom. The van der Waals surface area contributed by atoms with E-state index in [0.717, 1.165) is 0 Å². The smallest absolute Gasteiger partial charge is 1.00 e. The zero-order chi connectivity index (χ0) is 32.3. The molecule has 0 saturated carbocycles. The second kappa shape index (κ2) is 17.7. The summed E-state index contributed by atoms with van der Waals surface area (Å²) < 4.78 is 0. The fourth-order valence-electron chi connectivity index (χ4n) is 6.16. The first-order chi connectivity index (χ1) is 22.2. The molecule has 2 radical (unpaired) electrons. The molecule has 0 aliphatic carbocycles. The van der Waals surface area contributed by atoms with Gasteiger partial charge in [-0.1, -0.05) is 148 Å². The van der Waals surface area contributed by atoms with Crippen LogP contribution in [0.3, 0.4) is 0 Å². The summed E-state index contributed by atoms with van der Waals surface area (Å²) in [5.74, 6) is 0. The monoisotopic (exact) mass is 876 g/mol. The van der Waals surface area contributed by atoms with E-state index in [4.69, 9.17) is 0 Å². The molecular formula is C44H42Cl2HfSi2. The predicted molar refractivity (Wildman–Crippen MR) is 209 cm³/mol. The summed E-state index contributed by atoms with van der Waals surface area (Å²) in [5.41, 5.74) is 7.94. The van der Waals surface area contributed by atoms with Gasteiger partial charge in [-0.05, 0) is 32.7 Å². The normalized spacial score (nSPS) is 10.7. The van der Waals surface area contributed by atoms with E-state index in [0.29, 0.717) is 0 Å². The maximum Gasteiger partial charge on any atom is 4.00 e. The van der Waals surface area contributed by atoms with Crippen LogP contribution < -0.4 is 24.8 Å². The minimum atomic E-state index is -0.603. The molecule has 0 N–H and O–H groups in total. The van der Waals surface area contributed by atoms with Crippen molar-refractivity contribution in [1.29, 1.82) is 0 Å². The summed E-state index contributed by atoms with van der Waals surface area (Å²) in [6, 6.07) is 52.5. The molecular weight excluding hydrogens is 834 g/mol. The maximum absolute atomic E-state index is 2.39.